The zero-order chi connectivity index (χ0) is 26.7. The highest BCUT2D eigenvalue weighted by Crippen LogP contribution is 2.54. The number of likely N-dealkylation sites (tertiary alicyclic amines) is 1. The first-order valence-electron chi connectivity index (χ1n) is 12.6. The normalized spacial score (nSPS) is 22.8. The third kappa shape index (κ3) is 6.00. The van der Waals surface area contributed by atoms with E-state index >= 15 is 0 Å². The van der Waals surface area contributed by atoms with Gasteiger partial charge in [-0.05, 0) is 66.3 Å². The summed E-state index contributed by atoms with van der Waals surface area (Å²) in [6.07, 6.45) is 2.53. The van der Waals surface area contributed by atoms with Gasteiger partial charge in [0.25, 0.3) is 0 Å². The molecule has 0 bridgehead atoms. The summed E-state index contributed by atoms with van der Waals surface area (Å²) >= 11 is 12.7. The first-order valence-corrected chi connectivity index (χ1v) is 13.3. The second-order valence-electron chi connectivity index (χ2n) is 10.6. The molecule has 5 nitrogen and oxygen atoms in total. The fraction of sp³-hybridized carbons (Fsp3) is 0.367. The quantitative estimate of drug-likeness (QED) is 0.318. The van der Waals surface area contributed by atoms with Crippen molar-refractivity contribution in [1.82, 2.24) is 9.88 Å². The van der Waals surface area contributed by atoms with Gasteiger partial charge in [-0.2, -0.15) is 0 Å². The average molecular weight is 540 g/mol. The zero-order valence-corrected chi connectivity index (χ0v) is 22.8. The summed E-state index contributed by atoms with van der Waals surface area (Å²) in [6, 6.07) is 20.2. The van der Waals surface area contributed by atoms with E-state index in [9.17, 15) is 14.7 Å². The zero-order valence-electron chi connectivity index (χ0n) is 21.3. The molecule has 1 saturated heterocycles. The lowest BCUT2D eigenvalue weighted by Gasteiger charge is -2.52. The summed E-state index contributed by atoms with van der Waals surface area (Å²) in [6.45, 7) is 6.01. The SMILES string of the molecule is CC(C)C[C@H](c1ccccn1)N1C(=O)[C@@](C)(CC(=O)O)C[C@H](c2cccc(Cl)c2)[C@H]1c1ccc(Cl)cc1. The predicted molar refractivity (Wildman–Crippen MR) is 147 cm³/mol. The van der Waals surface area contributed by atoms with Crippen molar-refractivity contribution in [2.75, 3.05) is 0 Å². The number of carbonyl (C=O) groups is 2. The number of carbonyl (C=O) groups excluding carboxylic acids is 1. The molecule has 0 saturated carbocycles. The molecular formula is C30H32Cl2N2O3. The van der Waals surface area contributed by atoms with E-state index in [-0.39, 0.29) is 36.2 Å². The number of amides is 1. The Bertz CT molecular complexity index is 1250. The molecule has 1 amide bonds. The Morgan fingerprint density at radius 1 is 1.05 bits per heavy atom. The van der Waals surface area contributed by atoms with E-state index in [4.69, 9.17) is 23.2 Å². The van der Waals surface area contributed by atoms with Crippen molar-refractivity contribution in [3.8, 4) is 0 Å². The van der Waals surface area contributed by atoms with Crippen LogP contribution in [-0.4, -0.2) is 26.9 Å². The first-order chi connectivity index (χ1) is 17.6. The van der Waals surface area contributed by atoms with Crippen LogP contribution in [0.2, 0.25) is 10.0 Å². The first kappa shape index (κ1) is 27.2. The minimum Gasteiger partial charge on any atom is -0.481 e. The minimum absolute atomic E-state index is 0.176. The number of hydrogen-bond donors (Lipinski definition) is 1. The summed E-state index contributed by atoms with van der Waals surface area (Å²) < 4.78 is 0. The van der Waals surface area contributed by atoms with Crippen LogP contribution in [0.5, 0.6) is 0 Å². The number of piperidine rings is 1. The topological polar surface area (TPSA) is 70.5 Å². The van der Waals surface area contributed by atoms with Crippen molar-refractivity contribution >= 4 is 35.1 Å². The van der Waals surface area contributed by atoms with Crippen LogP contribution in [0.25, 0.3) is 0 Å². The Labute approximate surface area is 228 Å². The maximum Gasteiger partial charge on any atom is 0.304 e. The lowest BCUT2D eigenvalue weighted by atomic mass is 9.66. The highest BCUT2D eigenvalue weighted by molar-refractivity contribution is 6.30. The molecule has 0 radical (unpaired) electrons. The molecule has 2 heterocycles. The second kappa shape index (κ2) is 11.2. The molecule has 1 aliphatic heterocycles. The summed E-state index contributed by atoms with van der Waals surface area (Å²) in [4.78, 5) is 33.0. The van der Waals surface area contributed by atoms with Gasteiger partial charge in [-0.1, -0.05) is 74.3 Å². The highest BCUT2D eigenvalue weighted by atomic mass is 35.5. The number of nitrogens with zero attached hydrogens (tertiary/aromatic N) is 2. The summed E-state index contributed by atoms with van der Waals surface area (Å²) in [5.41, 5.74) is 1.58. The molecule has 37 heavy (non-hydrogen) atoms. The van der Waals surface area contributed by atoms with Gasteiger partial charge in [0.05, 0.1) is 29.6 Å². The molecule has 4 atom stereocenters. The van der Waals surface area contributed by atoms with Gasteiger partial charge in [-0.15, -0.1) is 0 Å². The standard InChI is InChI=1S/C30H32Cl2N2O3/c1-19(2)15-26(25-9-4-5-14-33-25)34-28(20-10-12-22(31)13-11-20)24(21-7-6-8-23(32)16-21)17-30(3,29(34)37)18-27(35)36/h4-14,16,19,24,26,28H,15,17-18H2,1-3H3,(H,35,36)/t24-,26-,28-,30-/m1/s1. The number of aliphatic carboxylic acids is 1. The van der Waals surface area contributed by atoms with Crippen molar-refractivity contribution in [3.63, 3.8) is 0 Å². The monoisotopic (exact) mass is 538 g/mol. The van der Waals surface area contributed by atoms with Gasteiger partial charge >= 0.3 is 5.97 Å². The van der Waals surface area contributed by atoms with Gasteiger partial charge in [0.1, 0.15) is 0 Å². The summed E-state index contributed by atoms with van der Waals surface area (Å²) in [7, 11) is 0. The van der Waals surface area contributed by atoms with Crippen LogP contribution in [0, 0.1) is 11.3 Å². The van der Waals surface area contributed by atoms with Crippen LogP contribution >= 0.6 is 23.2 Å². The number of benzene rings is 2. The molecule has 3 aromatic rings. The third-order valence-corrected chi connectivity index (χ3v) is 7.68. The maximum atomic E-state index is 14.5. The number of rotatable bonds is 8. The minimum atomic E-state index is -1.11. The lowest BCUT2D eigenvalue weighted by Crippen LogP contribution is -2.54. The smallest absolute Gasteiger partial charge is 0.304 e. The molecule has 0 aliphatic carbocycles. The third-order valence-electron chi connectivity index (χ3n) is 7.19. The molecule has 4 rings (SSSR count). The fourth-order valence-corrected chi connectivity index (χ4v) is 5.94. The molecule has 1 aliphatic rings. The van der Waals surface area contributed by atoms with Crippen LogP contribution in [0.15, 0.2) is 72.9 Å². The number of carboxylic acids is 1. The Hall–Kier alpha value is -2.89. The Balaban J connectivity index is 1.97. The van der Waals surface area contributed by atoms with Gasteiger partial charge in [0, 0.05) is 22.2 Å². The van der Waals surface area contributed by atoms with Crippen molar-refractivity contribution < 1.29 is 14.7 Å². The van der Waals surface area contributed by atoms with Gasteiger partial charge in [0.2, 0.25) is 5.91 Å². The molecule has 1 aromatic heterocycles. The molecule has 1 fully saturated rings. The average Bonchev–Trinajstić information content (AvgIpc) is 2.85. The molecule has 0 spiro atoms. The fourth-order valence-electron chi connectivity index (χ4n) is 5.62. The van der Waals surface area contributed by atoms with E-state index in [0.29, 0.717) is 22.9 Å². The van der Waals surface area contributed by atoms with E-state index in [1.54, 1.807) is 13.1 Å². The van der Waals surface area contributed by atoms with Crippen molar-refractivity contribution in [2.45, 2.75) is 58.0 Å². The highest BCUT2D eigenvalue weighted by Gasteiger charge is 2.52. The van der Waals surface area contributed by atoms with E-state index in [0.717, 1.165) is 16.8 Å². The lowest BCUT2D eigenvalue weighted by molar-refractivity contribution is -0.161. The Kier molecular flexibility index (Phi) is 8.25. The molecule has 7 heteroatoms. The number of carboxylic acid groups (broad SMARTS) is 1. The van der Waals surface area contributed by atoms with Crippen LogP contribution < -0.4 is 0 Å². The van der Waals surface area contributed by atoms with Crippen molar-refractivity contribution in [2.24, 2.45) is 11.3 Å². The van der Waals surface area contributed by atoms with Crippen LogP contribution in [0.3, 0.4) is 0 Å². The van der Waals surface area contributed by atoms with Crippen LogP contribution in [-0.2, 0) is 9.59 Å². The van der Waals surface area contributed by atoms with Crippen LogP contribution in [0.4, 0.5) is 0 Å². The Morgan fingerprint density at radius 2 is 1.78 bits per heavy atom. The van der Waals surface area contributed by atoms with E-state index in [1.165, 1.54) is 0 Å². The summed E-state index contributed by atoms with van der Waals surface area (Å²) in [5.74, 6) is -1.10. The molecule has 1 N–H and O–H groups in total. The molecule has 0 unspecified atom stereocenters. The van der Waals surface area contributed by atoms with E-state index in [1.807, 2.05) is 71.6 Å². The number of aromatic nitrogens is 1. The van der Waals surface area contributed by atoms with Gasteiger partial charge in [-0.3, -0.25) is 14.6 Å². The maximum absolute atomic E-state index is 14.5. The van der Waals surface area contributed by atoms with Gasteiger partial charge in [0.15, 0.2) is 0 Å². The van der Waals surface area contributed by atoms with Gasteiger partial charge in [-0.25, -0.2) is 0 Å². The molecule has 2 aromatic carbocycles. The predicted octanol–water partition coefficient (Wildman–Crippen LogP) is 7.71. The number of pyridine rings is 1. The van der Waals surface area contributed by atoms with Crippen molar-refractivity contribution in [3.05, 3.63) is 99.8 Å². The van der Waals surface area contributed by atoms with Crippen LogP contribution in [0.1, 0.15) is 74.9 Å². The summed E-state index contributed by atoms with van der Waals surface area (Å²) in [5, 5.41) is 11.0. The van der Waals surface area contributed by atoms with E-state index in [2.05, 4.69) is 18.8 Å². The molecule has 194 valence electrons. The van der Waals surface area contributed by atoms with Crippen molar-refractivity contribution in [1.29, 1.82) is 0 Å². The number of halogens is 2. The Morgan fingerprint density at radius 3 is 2.38 bits per heavy atom. The number of hydrogen-bond acceptors (Lipinski definition) is 3. The van der Waals surface area contributed by atoms with Gasteiger partial charge < -0.3 is 10.0 Å². The van der Waals surface area contributed by atoms with E-state index < -0.39 is 11.4 Å². The molecular weight excluding hydrogens is 507 g/mol. The second-order valence-corrected chi connectivity index (χ2v) is 11.5. The largest absolute Gasteiger partial charge is 0.481 e.